The van der Waals surface area contributed by atoms with Crippen LogP contribution in [0.25, 0.3) is 6.08 Å². The van der Waals surface area contributed by atoms with Gasteiger partial charge in [0.05, 0.1) is 6.26 Å². The van der Waals surface area contributed by atoms with E-state index in [4.69, 9.17) is 4.42 Å². The Morgan fingerprint density at radius 2 is 1.85 bits per heavy atom. The lowest BCUT2D eigenvalue weighted by Gasteiger charge is -1.78. The van der Waals surface area contributed by atoms with E-state index in [9.17, 15) is 4.79 Å². The molecule has 1 aromatic heterocycles. The molecule has 1 rings (SSSR count). The number of rotatable bonds is 4. The lowest BCUT2D eigenvalue weighted by atomic mass is 10.3. The summed E-state index contributed by atoms with van der Waals surface area (Å²) in [4.78, 5) is 9.87. The van der Waals surface area contributed by atoms with E-state index in [1.54, 1.807) is 18.4 Å². The molecule has 0 aromatic carbocycles. The average Bonchev–Trinajstić information content (AvgIpc) is 2.63. The smallest absolute Gasteiger partial charge is 0.142 e. The number of allylic oxidation sites excluding steroid dienone is 5. The molecule has 2 heteroatoms. The number of hydrogen-bond donors (Lipinski definition) is 0. The molecular formula is C11H10O2. The monoisotopic (exact) mass is 174 g/mol. The third-order valence-corrected chi connectivity index (χ3v) is 1.33. The SMILES string of the molecule is O=CC=CC=CC=Cc1ccco1. The van der Waals surface area contributed by atoms with Crippen LogP contribution in [0, 0.1) is 0 Å². The molecule has 0 saturated heterocycles. The first-order chi connectivity index (χ1) is 6.43. The van der Waals surface area contributed by atoms with Crippen LogP contribution in [-0.2, 0) is 4.79 Å². The fourth-order valence-electron chi connectivity index (χ4n) is 0.774. The molecule has 0 unspecified atom stereocenters. The second-order valence-electron chi connectivity index (χ2n) is 2.28. The van der Waals surface area contributed by atoms with Crippen LogP contribution in [0.4, 0.5) is 0 Å². The number of carbonyl (C=O) groups is 1. The highest BCUT2D eigenvalue weighted by atomic mass is 16.3. The van der Waals surface area contributed by atoms with Crippen LogP contribution in [0.1, 0.15) is 5.76 Å². The fourth-order valence-corrected chi connectivity index (χ4v) is 0.774. The van der Waals surface area contributed by atoms with Gasteiger partial charge >= 0.3 is 0 Å². The van der Waals surface area contributed by atoms with Crippen molar-refractivity contribution >= 4 is 12.4 Å². The minimum atomic E-state index is 0.737. The van der Waals surface area contributed by atoms with E-state index in [1.807, 2.05) is 30.4 Å². The molecule has 66 valence electrons. The highest BCUT2D eigenvalue weighted by Gasteiger charge is 1.83. The van der Waals surface area contributed by atoms with Gasteiger partial charge in [0, 0.05) is 0 Å². The number of furan rings is 1. The molecule has 0 spiro atoms. The van der Waals surface area contributed by atoms with E-state index >= 15 is 0 Å². The predicted molar refractivity (Wildman–Crippen MR) is 52.1 cm³/mol. The Bertz CT molecular complexity index is 316. The zero-order valence-corrected chi connectivity index (χ0v) is 7.09. The lowest BCUT2D eigenvalue weighted by Crippen LogP contribution is -1.58. The minimum Gasteiger partial charge on any atom is -0.465 e. The third kappa shape index (κ3) is 3.91. The van der Waals surface area contributed by atoms with E-state index in [0.717, 1.165) is 12.0 Å². The number of aldehydes is 1. The molecule has 0 saturated carbocycles. The maximum absolute atomic E-state index is 9.87. The molecule has 0 amide bonds. The van der Waals surface area contributed by atoms with Gasteiger partial charge in [-0.25, -0.2) is 0 Å². The highest BCUT2D eigenvalue weighted by molar-refractivity contribution is 5.65. The standard InChI is InChI=1S/C11H10O2/c12-9-5-3-1-2-4-7-11-8-6-10-13-11/h1-10H. The topological polar surface area (TPSA) is 30.2 Å². The molecule has 0 aliphatic heterocycles. The predicted octanol–water partition coefficient (Wildman–Crippen LogP) is 2.60. The van der Waals surface area contributed by atoms with E-state index in [2.05, 4.69) is 0 Å². The fraction of sp³-hybridized carbons (Fsp3) is 0. The van der Waals surface area contributed by atoms with Crippen molar-refractivity contribution in [2.24, 2.45) is 0 Å². The molecule has 1 heterocycles. The van der Waals surface area contributed by atoms with Gasteiger partial charge in [-0.15, -0.1) is 0 Å². The maximum Gasteiger partial charge on any atom is 0.142 e. The summed E-state index contributed by atoms with van der Waals surface area (Å²) < 4.78 is 5.07. The van der Waals surface area contributed by atoms with Gasteiger partial charge in [-0.2, -0.15) is 0 Å². The molecule has 0 N–H and O–H groups in total. The summed E-state index contributed by atoms with van der Waals surface area (Å²) in [6.45, 7) is 0. The Morgan fingerprint density at radius 3 is 2.54 bits per heavy atom. The molecular weight excluding hydrogens is 164 g/mol. The Balaban J connectivity index is 2.38. The van der Waals surface area contributed by atoms with E-state index in [0.29, 0.717) is 0 Å². The summed E-state index contributed by atoms with van der Waals surface area (Å²) >= 11 is 0. The van der Waals surface area contributed by atoms with Crippen molar-refractivity contribution in [3.8, 4) is 0 Å². The van der Waals surface area contributed by atoms with Gasteiger partial charge in [-0.3, -0.25) is 4.79 Å². The second kappa shape index (κ2) is 5.77. The zero-order valence-electron chi connectivity index (χ0n) is 7.09. The van der Waals surface area contributed by atoms with Crippen molar-refractivity contribution in [2.45, 2.75) is 0 Å². The molecule has 1 aromatic rings. The normalized spacial score (nSPS) is 12.0. The third-order valence-electron chi connectivity index (χ3n) is 1.33. The van der Waals surface area contributed by atoms with Gasteiger partial charge in [0.15, 0.2) is 0 Å². The average molecular weight is 174 g/mol. The Hall–Kier alpha value is -1.83. The highest BCUT2D eigenvalue weighted by Crippen LogP contribution is 2.01. The largest absolute Gasteiger partial charge is 0.465 e. The van der Waals surface area contributed by atoms with Crippen LogP contribution < -0.4 is 0 Å². The first kappa shape index (κ1) is 9.26. The van der Waals surface area contributed by atoms with Gasteiger partial charge in [-0.1, -0.05) is 24.3 Å². The quantitative estimate of drug-likeness (QED) is 0.399. The van der Waals surface area contributed by atoms with Gasteiger partial charge in [0.25, 0.3) is 0 Å². The van der Waals surface area contributed by atoms with Crippen molar-refractivity contribution < 1.29 is 9.21 Å². The molecule has 13 heavy (non-hydrogen) atoms. The number of hydrogen-bond acceptors (Lipinski definition) is 2. The summed E-state index contributed by atoms with van der Waals surface area (Å²) in [5.41, 5.74) is 0. The van der Waals surface area contributed by atoms with Gasteiger partial charge < -0.3 is 4.42 Å². The molecule has 0 aliphatic carbocycles. The van der Waals surface area contributed by atoms with Gasteiger partial charge in [0.2, 0.25) is 0 Å². The van der Waals surface area contributed by atoms with Crippen molar-refractivity contribution in [1.29, 1.82) is 0 Å². The second-order valence-corrected chi connectivity index (χ2v) is 2.28. The van der Waals surface area contributed by atoms with Crippen molar-refractivity contribution in [1.82, 2.24) is 0 Å². The van der Waals surface area contributed by atoms with Crippen LogP contribution in [0.2, 0.25) is 0 Å². The van der Waals surface area contributed by atoms with E-state index in [-0.39, 0.29) is 0 Å². The summed E-state index contributed by atoms with van der Waals surface area (Å²) in [6, 6.07) is 3.70. The van der Waals surface area contributed by atoms with Crippen LogP contribution in [0.5, 0.6) is 0 Å². The molecule has 0 atom stereocenters. The first-order valence-corrected chi connectivity index (χ1v) is 3.92. The Morgan fingerprint density at radius 1 is 1.08 bits per heavy atom. The zero-order chi connectivity index (χ0) is 9.36. The lowest BCUT2D eigenvalue weighted by molar-refractivity contribution is -0.104. The summed E-state index contributed by atoms with van der Waals surface area (Å²) in [5.74, 6) is 0.809. The Kier molecular flexibility index (Phi) is 4.11. The van der Waals surface area contributed by atoms with Crippen LogP contribution in [-0.4, -0.2) is 6.29 Å². The molecule has 0 fully saturated rings. The summed E-state index contributed by atoms with van der Waals surface area (Å²) in [7, 11) is 0. The van der Waals surface area contributed by atoms with Crippen LogP contribution in [0.3, 0.4) is 0 Å². The van der Waals surface area contributed by atoms with Gasteiger partial charge in [-0.05, 0) is 24.3 Å². The molecule has 2 nitrogen and oxygen atoms in total. The summed E-state index contributed by atoms with van der Waals surface area (Å²) in [6.07, 6.45) is 12.7. The summed E-state index contributed by atoms with van der Waals surface area (Å²) in [5, 5.41) is 0. The van der Waals surface area contributed by atoms with Crippen LogP contribution in [0.15, 0.2) is 53.2 Å². The van der Waals surface area contributed by atoms with Crippen molar-refractivity contribution in [3.05, 3.63) is 54.5 Å². The van der Waals surface area contributed by atoms with Crippen molar-refractivity contribution in [2.75, 3.05) is 0 Å². The maximum atomic E-state index is 9.87. The number of carbonyl (C=O) groups excluding carboxylic acids is 1. The first-order valence-electron chi connectivity index (χ1n) is 3.92. The Labute approximate surface area is 76.9 Å². The van der Waals surface area contributed by atoms with Gasteiger partial charge in [0.1, 0.15) is 12.0 Å². The molecule has 0 bridgehead atoms. The molecule has 0 aliphatic rings. The van der Waals surface area contributed by atoms with Crippen LogP contribution >= 0.6 is 0 Å². The minimum absolute atomic E-state index is 0.737. The van der Waals surface area contributed by atoms with Crippen molar-refractivity contribution in [3.63, 3.8) is 0 Å². The van der Waals surface area contributed by atoms with E-state index in [1.165, 1.54) is 6.08 Å². The van der Waals surface area contributed by atoms with E-state index < -0.39 is 0 Å². The molecule has 0 radical (unpaired) electrons.